The predicted molar refractivity (Wildman–Crippen MR) is 99.7 cm³/mol. The lowest BCUT2D eigenvalue weighted by Gasteiger charge is -2.09. The van der Waals surface area contributed by atoms with Crippen LogP contribution >= 0.6 is 11.3 Å². The number of anilines is 2. The summed E-state index contributed by atoms with van der Waals surface area (Å²) in [5, 5.41) is 4.02. The molecule has 0 bridgehead atoms. The molecule has 0 unspecified atom stereocenters. The van der Waals surface area contributed by atoms with Crippen molar-refractivity contribution in [3.63, 3.8) is 0 Å². The molecule has 3 heterocycles. The van der Waals surface area contributed by atoms with Gasteiger partial charge in [-0.3, -0.25) is 4.98 Å². The molecule has 0 aliphatic rings. The lowest BCUT2D eigenvalue weighted by Crippen LogP contribution is -1.99. The van der Waals surface area contributed by atoms with Crippen LogP contribution < -0.4 is 5.32 Å². The minimum atomic E-state index is -0.317. The molecule has 0 spiro atoms. The van der Waals surface area contributed by atoms with Gasteiger partial charge in [0.25, 0.3) is 0 Å². The Morgan fingerprint density at radius 3 is 2.76 bits per heavy atom. The number of thiophene rings is 1. The number of aromatic nitrogens is 3. The molecule has 0 amide bonds. The van der Waals surface area contributed by atoms with E-state index in [2.05, 4.69) is 33.3 Å². The third kappa shape index (κ3) is 3.08. The van der Waals surface area contributed by atoms with Crippen LogP contribution in [-0.2, 0) is 6.42 Å². The van der Waals surface area contributed by atoms with Crippen molar-refractivity contribution in [2.45, 2.75) is 13.3 Å². The van der Waals surface area contributed by atoms with Crippen molar-refractivity contribution in [3.8, 4) is 11.4 Å². The summed E-state index contributed by atoms with van der Waals surface area (Å²) in [7, 11) is 0. The molecule has 4 nitrogen and oxygen atoms in total. The highest BCUT2D eigenvalue weighted by molar-refractivity contribution is 7.18. The largest absolute Gasteiger partial charge is 0.337 e. The summed E-state index contributed by atoms with van der Waals surface area (Å²) in [5.74, 6) is 0.858. The van der Waals surface area contributed by atoms with Gasteiger partial charge < -0.3 is 5.32 Å². The van der Waals surface area contributed by atoms with Gasteiger partial charge in [-0.25, -0.2) is 14.4 Å². The molecule has 4 aromatic rings. The predicted octanol–water partition coefficient (Wildman–Crippen LogP) is 5.20. The fourth-order valence-corrected chi connectivity index (χ4v) is 3.52. The van der Waals surface area contributed by atoms with E-state index in [4.69, 9.17) is 0 Å². The van der Waals surface area contributed by atoms with Crippen molar-refractivity contribution in [3.05, 3.63) is 65.6 Å². The minimum Gasteiger partial charge on any atom is -0.337 e. The first-order chi connectivity index (χ1) is 12.2. The standard InChI is InChI=1S/C19H15FN4S/c1-2-13-10-14-18(22-16-8-4-3-7-15(16)20)23-17(24-19(14)25-13)12-6-5-9-21-11-12/h3-11H,2H2,1H3,(H,22,23,24). The Hall–Kier alpha value is -2.86. The highest BCUT2D eigenvalue weighted by atomic mass is 32.1. The van der Waals surface area contributed by atoms with Gasteiger partial charge in [0.1, 0.15) is 16.5 Å². The van der Waals surface area contributed by atoms with Crippen LogP contribution in [0.15, 0.2) is 54.9 Å². The second-order valence-corrected chi connectivity index (χ2v) is 6.64. The van der Waals surface area contributed by atoms with Gasteiger partial charge in [0.15, 0.2) is 5.82 Å². The van der Waals surface area contributed by atoms with Crippen LogP contribution in [0.1, 0.15) is 11.8 Å². The molecule has 0 atom stereocenters. The summed E-state index contributed by atoms with van der Waals surface area (Å²) in [4.78, 5) is 15.5. The first-order valence-electron chi connectivity index (χ1n) is 7.97. The number of rotatable bonds is 4. The summed E-state index contributed by atoms with van der Waals surface area (Å²) < 4.78 is 14.1. The Bertz CT molecular complexity index is 1030. The zero-order valence-electron chi connectivity index (χ0n) is 13.5. The van der Waals surface area contributed by atoms with Crippen molar-refractivity contribution in [2.24, 2.45) is 0 Å². The molecule has 0 aliphatic carbocycles. The molecule has 0 saturated carbocycles. The average molecular weight is 350 g/mol. The fourth-order valence-electron chi connectivity index (χ4n) is 2.56. The normalized spacial score (nSPS) is 11.0. The third-order valence-corrected chi connectivity index (χ3v) is 5.01. The average Bonchev–Trinajstić information content (AvgIpc) is 3.08. The maximum Gasteiger partial charge on any atom is 0.164 e. The molecule has 0 fully saturated rings. The third-order valence-electron chi connectivity index (χ3n) is 3.84. The molecule has 124 valence electrons. The van der Waals surface area contributed by atoms with Crippen molar-refractivity contribution in [2.75, 3.05) is 5.32 Å². The summed E-state index contributed by atoms with van der Waals surface area (Å²) in [6.45, 7) is 2.10. The van der Waals surface area contributed by atoms with Crippen LogP contribution in [0, 0.1) is 5.82 Å². The van der Waals surface area contributed by atoms with E-state index in [1.807, 2.05) is 12.1 Å². The fraction of sp³-hybridized carbons (Fsp3) is 0.105. The number of fused-ring (bicyclic) bond motifs is 1. The first-order valence-corrected chi connectivity index (χ1v) is 8.78. The van der Waals surface area contributed by atoms with Crippen LogP contribution in [0.25, 0.3) is 21.6 Å². The first kappa shape index (κ1) is 15.7. The van der Waals surface area contributed by atoms with Gasteiger partial charge in [0.2, 0.25) is 0 Å². The van der Waals surface area contributed by atoms with Gasteiger partial charge in [-0.15, -0.1) is 11.3 Å². The van der Waals surface area contributed by atoms with E-state index in [-0.39, 0.29) is 5.82 Å². The quantitative estimate of drug-likeness (QED) is 0.550. The Labute approximate surface area is 148 Å². The van der Waals surface area contributed by atoms with Gasteiger partial charge in [-0.2, -0.15) is 0 Å². The highest BCUT2D eigenvalue weighted by Gasteiger charge is 2.14. The second-order valence-electron chi connectivity index (χ2n) is 5.53. The molecule has 3 aromatic heterocycles. The van der Waals surface area contributed by atoms with Crippen LogP contribution in [-0.4, -0.2) is 15.0 Å². The summed E-state index contributed by atoms with van der Waals surface area (Å²) in [6, 6.07) is 12.4. The van der Waals surface area contributed by atoms with Gasteiger partial charge in [0, 0.05) is 22.8 Å². The monoisotopic (exact) mass is 350 g/mol. The van der Waals surface area contributed by atoms with Gasteiger partial charge in [-0.1, -0.05) is 19.1 Å². The number of nitrogens with zero attached hydrogens (tertiary/aromatic N) is 3. The Morgan fingerprint density at radius 2 is 2.00 bits per heavy atom. The van der Waals surface area contributed by atoms with E-state index in [0.29, 0.717) is 17.3 Å². The molecular weight excluding hydrogens is 335 g/mol. The molecule has 25 heavy (non-hydrogen) atoms. The van der Waals surface area contributed by atoms with Crippen molar-refractivity contribution >= 4 is 33.1 Å². The van der Waals surface area contributed by atoms with E-state index >= 15 is 0 Å². The lowest BCUT2D eigenvalue weighted by atomic mass is 10.2. The number of nitrogens with one attached hydrogen (secondary N) is 1. The number of hydrogen-bond acceptors (Lipinski definition) is 5. The maximum absolute atomic E-state index is 14.1. The number of aryl methyl sites for hydroxylation is 1. The number of pyridine rings is 1. The molecule has 4 rings (SSSR count). The minimum absolute atomic E-state index is 0.317. The Balaban J connectivity index is 1.88. The van der Waals surface area contributed by atoms with Crippen LogP contribution in [0.2, 0.25) is 0 Å². The molecule has 0 aliphatic heterocycles. The molecule has 1 aromatic carbocycles. The lowest BCUT2D eigenvalue weighted by molar-refractivity contribution is 0.632. The number of halogens is 1. The Morgan fingerprint density at radius 1 is 1.12 bits per heavy atom. The number of benzene rings is 1. The maximum atomic E-state index is 14.1. The van der Waals surface area contributed by atoms with Gasteiger partial charge in [0.05, 0.1) is 11.1 Å². The van der Waals surface area contributed by atoms with E-state index < -0.39 is 0 Å². The van der Waals surface area contributed by atoms with Crippen molar-refractivity contribution in [1.82, 2.24) is 15.0 Å². The van der Waals surface area contributed by atoms with Gasteiger partial charge in [-0.05, 0) is 36.8 Å². The molecule has 0 saturated heterocycles. The molecule has 1 N–H and O–H groups in total. The van der Waals surface area contributed by atoms with E-state index in [1.54, 1.807) is 41.9 Å². The van der Waals surface area contributed by atoms with E-state index in [0.717, 1.165) is 22.2 Å². The van der Waals surface area contributed by atoms with E-state index in [1.165, 1.54) is 10.9 Å². The summed E-state index contributed by atoms with van der Waals surface area (Å²) in [5.41, 5.74) is 1.22. The van der Waals surface area contributed by atoms with Crippen LogP contribution in [0.4, 0.5) is 15.9 Å². The molecule has 6 heteroatoms. The SMILES string of the molecule is CCc1cc2c(Nc3ccccc3F)nc(-c3cccnc3)nc2s1. The van der Waals surface area contributed by atoms with E-state index in [9.17, 15) is 4.39 Å². The second kappa shape index (κ2) is 6.57. The Kier molecular flexibility index (Phi) is 4.11. The smallest absolute Gasteiger partial charge is 0.164 e. The highest BCUT2D eigenvalue weighted by Crippen LogP contribution is 2.33. The van der Waals surface area contributed by atoms with Gasteiger partial charge >= 0.3 is 0 Å². The molecular formula is C19H15FN4S. The number of para-hydroxylation sites is 1. The summed E-state index contributed by atoms with van der Waals surface area (Å²) >= 11 is 1.63. The topological polar surface area (TPSA) is 50.7 Å². The zero-order chi connectivity index (χ0) is 17.2. The molecule has 0 radical (unpaired) electrons. The zero-order valence-corrected chi connectivity index (χ0v) is 14.3. The van der Waals surface area contributed by atoms with Crippen LogP contribution in [0.3, 0.4) is 0 Å². The van der Waals surface area contributed by atoms with Crippen molar-refractivity contribution in [1.29, 1.82) is 0 Å². The van der Waals surface area contributed by atoms with Crippen LogP contribution in [0.5, 0.6) is 0 Å². The summed E-state index contributed by atoms with van der Waals surface area (Å²) in [6.07, 6.45) is 4.35. The van der Waals surface area contributed by atoms with Crippen molar-refractivity contribution < 1.29 is 4.39 Å². The number of hydrogen-bond donors (Lipinski definition) is 1.